The molecule has 0 aliphatic carbocycles. The fourth-order valence-corrected chi connectivity index (χ4v) is 2.44. The maximum atomic E-state index is 3.40. The molecule has 1 rings (SSSR count). The number of para-hydroxylation sites is 1. The second kappa shape index (κ2) is 6.65. The minimum atomic E-state index is 0.444. The second-order valence-electron chi connectivity index (χ2n) is 4.69. The summed E-state index contributed by atoms with van der Waals surface area (Å²) in [4.78, 5) is 2.45. The van der Waals surface area contributed by atoms with Gasteiger partial charge in [-0.2, -0.15) is 0 Å². The maximum absolute atomic E-state index is 3.40. The molecule has 2 nitrogen and oxygen atoms in total. The van der Waals surface area contributed by atoms with Crippen LogP contribution >= 0.6 is 0 Å². The van der Waals surface area contributed by atoms with Crippen molar-refractivity contribution < 1.29 is 0 Å². The Labute approximate surface area is 106 Å². The third-order valence-corrected chi connectivity index (χ3v) is 3.34. The summed E-state index contributed by atoms with van der Waals surface area (Å²) in [5.74, 6) is 0. The molecular formula is C15H26N2. The summed E-state index contributed by atoms with van der Waals surface area (Å²) < 4.78 is 0. The molecule has 0 aliphatic heterocycles. The van der Waals surface area contributed by atoms with Gasteiger partial charge in [-0.25, -0.2) is 0 Å². The van der Waals surface area contributed by atoms with Crippen LogP contribution in [-0.2, 0) is 0 Å². The van der Waals surface area contributed by atoms with Crippen molar-refractivity contribution in [3.63, 3.8) is 0 Å². The summed E-state index contributed by atoms with van der Waals surface area (Å²) in [6.45, 7) is 10.00. The first-order valence-corrected chi connectivity index (χ1v) is 6.68. The highest BCUT2D eigenvalue weighted by Gasteiger charge is 2.16. The van der Waals surface area contributed by atoms with Crippen LogP contribution in [0.3, 0.4) is 0 Å². The zero-order valence-corrected chi connectivity index (χ0v) is 11.8. The third-order valence-electron chi connectivity index (χ3n) is 3.34. The molecule has 96 valence electrons. The Hall–Kier alpha value is -1.02. The molecule has 0 spiro atoms. The van der Waals surface area contributed by atoms with Crippen molar-refractivity contribution in [1.82, 2.24) is 5.32 Å². The molecule has 1 aromatic carbocycles. The third kappa shape index (κ3) is 3.22. The Balaban J connectivity index is 3.14. The van der Waals surface area contributed by atoms with Gasteiger partial charge >= 0.3 is 0 Å². The van der Waals surface area contributed by atoms with Crippen molar-refractivity contribution in [2.45, 2.75) is 46.2 Å². The van der Waals surface area contributed by atoms with Crippen molar-refractivity contribution in [3.8, 4) is 0 Å². The van der Waals surface area contributed by atoms with Crippen molar-refractivity contribution in [2.24, 2.45) is 0 Å². The summed E-state index contributed by atoms with van der Waals surface area (Å²) in [5.41, 5.74) is 2.78. The highest BCUT2D eigenvalue weighted by molar-refractivity contribution is 5.55. The number of anilines is 1. The van der Waals surface area contributed by atoms with Gasteiger partial charge in [-0.15, -0.1) is 0 Å². The quantitative estimate of drug-likeness (QED) is 0.809. The Kier molecular flexibility index (Phi) is 5.49. The SMILES string of the molecule is CCC(NC)c1ccccc1N(CC)C(C)C. The first kappa shape index (κ1) is 14.0. The number of hydrogen-bond acceptors (Lipinski definition) is 2. The van der Waals surface area contributed by atoms with Gasteiger partial charge in [0.25, 0.3) is 0 Å². The Morgan fingerprint density at radius 2 is 1.82 bits per heavy atom. The normalized spacial score (nSPS) is 12.8. The predicted octanol–water partition coefficient (Wildman–Crippen LogP) is 3.59. The lowest BCUT2D eigenvalue weighted by Crippen LogP contribution is -2.32. The van der Waals surface area contributed by atoms with E-state index in [0.29, 0.717) is 12.1 Å². The molecule has 1 aromatic rings. The Morgan fingerprint density at radius 1 is 1.18 bits per heavy atom. The second-order valence-corrected chi connectivity index (χ2v) is 4.69. The zero-order valence-electron chi connectivity index (χ0n) is 11.8. The fourth-order valence-electron chi connectivity index (χ4n) is 2.44. The van der Waals surface area contributed by atoms with Crippen LogP contribution in [0.2, 0.25) is 0 Å². The Bertz CT molecular complexity index is 329. The van der Waals surface area contributed by atoms with Gasteiger partial charge in [0, 0.05) is 24.3 Å². The van der Waals surface area contributed by atoms with Crippen molar-refractivity contribution in [2.75, 3.05) is 18.5 Å². The van der Waals surface area contributed by atoms with Crippen molar-refractivity contribution >= 4 is 5.69 Å². The van der Waals surface area contributed by atoms with Gasteiger partial charge in [0.2, 0.25) is 0 Å². The van der Waals surface area contributed by atoms with Gasteiger partial charge in [-0.3, -0.25) is 0 Å². The zero-order chi connectivity index (χ0) is 12.8. The largest absolute Gasteiger partial charge is 0.369 e. The van der Waals surface area contributed by atoms with E-state index >= 15 is 0 Å². The highest BCUT2D eigenvalue weighted by Crippen LogP contribution is 2.29. The van der Waals surface area contributed by atoms with Crippen LogP contribution in [0.5, 0.6) is 0 Å². The van der Waals surface area contributed by atoms with E-state index in [1.165, 1.54) is 11.3 Å². The monoisotopic (exact) mass is 234 g/mol. The molecule has 0 saturated heterocycles. The van der Waals surface area contributed by atoms with Gasteiger partial charge in [0.1, 0.15) is 0 Å². The summed E-state index contributed by atoms with van der Waals surface area (Å²) >= 11 is 0. The van der Waals surface area contributed by atoms with E-state index < -0.39 is 0 Å². The predicted molar refractivity (Wildman–Crippen MR) is 76.7 cm³/mol. The smallest absolute Gasteiger partial charge is 0.0416 e. The van der Waals surface area contributed by atoms with Crippen molar-refractivity contribution in [1.29, 1.82) is 0 Å². The molecule has 1 atom stereocenters. The van der Waals surface area contributed by atoms with E-state index in [0.717, 1.165) is 13.0 Å². The van der Waals surface area contributed by atoms with E-state index in [9.17, 15) is 0 Å². The summed E-state index contributed by atoms with van der Waals surface area (Å²) in [7, 11) is 2.04. The van der Waals surface area contributed by atoms with Gasteiger partial charge < -0.3 is 10.2 Å². The molecule has 1 N–H and O–H groups in total. The average molecular weight is 234 g/mol. The number of hydrogen-bond donors (Lipinski definition) is 1. The minimum Gasteiger partial charge on any atom is -0.369 e. The lowest BCUT2D eigenvalue weighted by Gasteiger charge is -2.31. The molecule has 0 aromatic heterocycles. The van der Waals surface area contributed by atoms with Crippen LogP contribution in [0.1, 0.15) is 45.7 Å². The molecule has 2 heteroatoms. The number of rotatable bonds is 6. The van der Waals surface area contributed by atoms with Crippen LogP contribution in [0.15, 0.2) is 24.3 Å². The first-order valence-electron chi connectivity index (χ1n) is 6.68. The molecule has 0 bridgehead atoms. The molecular weight excluding hydrogens is 208 g/mol. The average Bonchev–Trinajstić information content (AvgIpc) is 2.33. The maximum Gasteiger partial charge on any atom is 0.0416 e. The van der Waals surface area contributed by atoms with E-state index in [4.69, 9.17) is 0 Å². The van der Waals surface area contributed by atoms with E-state index in [1.54, 1.807) is 0 Å². The lowest BCUT2D eigenvalue weighted by molar-refractivity contribution is 0.571. The van der Waals surface area contributed by atoms with Crippen LogP contribution in [0.25, 0.3) is 0 Å². The van der Waals surface area contributed by atoms with Gasteiger partial charge in [-0.1, -0.05) is 25.1 Å². The topological polar surface area (TPSA) is 15.3 Å². The van der Waals surface area contributed by atoms with Crippen LogP contribution in [0.4, 0.5) is 5.69 Å². The molecule has 17 heavy (non-hydrogen) atoms. The van der Waals surface area contributed by atoms with Crippen LogP contribution in [0, 0.1) is 0 Å². The standard InChI is InChI=1S/C15H26N2/c1-6-14(16-5)13-10-8-9-11-15(13)17(7-2)12(3)4/h8-12,14,16H,6-7H2,1-5H3. The summed E-state index contributed by atoms with van der Waals surface area (Å²) in [6, 6.07) is 9.72. The van der Waals surface area contributed by atoms with E-state index in [1.807, 2.05) is 7.05 Å². The molecule has 0 saturated carbocycles. The van der Waals surface area contributed by atoms with Gasteiger partial charge in [0.15, 0.2) is 0 Å². The Morgan fingerprint density at radius 3 is 2.29 bits per heavy atom. The minimum absolute atomic E-state index is 0.444. The summed E-state index contributed by atoms with van der Waals surface area (Å²) in [5, 5.41) is 3.40. The van der Waals surface area contributed by atoms with Crippen LogP contribution < -0.4 is 10.2 Å². The van der Waals surface area contributed by atoms with Crippen molar-refractivity contribution in [3.05, 3.63) is 29.8 Å². The molecule has 0 radical (unpaired) electrons. The molecule has 0 aliphatic rings. The molecule has 1 unspecified atom stereocenters. The number of benzene rings is 1. The van der Waals surface area contributed by atoms with Gasteiger partial charge in [-0.05, 0) is 45.9 Å². The highest BCUT2D eigenvalue weighted by atomic mass is 15.1. The molecule has 0 amide bonds. The first-order chi connectivity index (χ1) is 8.15. The number of nitrogens with zero attached hydrogens (tertiary/aromatic N) is 1. The summed E-state index contributed by atoms with van der Waals surface area (Å²) in [6.07, 6.45) is 1.11. The van der Waals surface area contributed by atoms with Gasteiger partial charge in [0.05, 0.1) is 0 Å². The lowest BCUT2D eigenvalue weighted by atomic mass is 10.0. The molecule has 0 heterocycles. The molecule has 0 fully saturated rings. The fraction of sp³-hybridized carbons (Fsp3) is 0.600. The van der Waals surface area contributed by atoms with Crippen LogP contribution in [-0.4, -0.2) is 19.6 Å². The number of nitrogens with one attached hydrogen (secondary N) is 1. The van der Waals surface area contributed by atoms with E-state index in [-0.39, 0.29) is 0 Å². The van der Waals surface area contributed by atoms with E-state index in [2.05, 4.69) is 62.2 Å².